The molecule has 2 atom stereocenters. The van der Waals surface area contributed by atoms with Crippen LogP contribution < -0.4 is 4.74 Å². The quantitative estimate of drug-likeness (QED) is 0.669. The number of fused-ring (bicyclic) bond motifs is 3. The number of aliphatic hydroxyl groups excluding tert-OH is 1. The number of hydrogen-bond acceptors (Lipinski definition) is 5. The third kappa shape index (κ3) is 3.25. The normalized spacial score (nSPS) is 22.2. The Morgan fingerprint density at radius 3 is 2.72 bits per heavy atom. The van der Waals surface area contributed by atoms with Gasteiger partial charge in [-0.1, -0.05) is 25.0 Å². The molecule has 5 rings (SSSR count). The fraction of sp³-hybridized carbons (Fsp3) is 0.423. The molecule has 1 aromatic carbocycles. The summed E-state index contributed by atoms with van der Waals surface area (Å²) < 4.78 is 5.17. The number of methoxy groups -OCH3 is 1. The summed E-state index contributed by atoms with van der Waals surface area (Å²) in [6.07, 6.45) is 7.39. The van der Waals surface area contributed by atoms with Crippen molar-refractivity contribution < 1.29 is 14.6 Å². The molecule has 1 amide bonds. The second-order valence-electron chi connectivity index (χ2n) is 9.40. The number of benzene rings is 1. The third-order valence-electron chi connectivity index (χ3n) is 7.07. The zero-order valence-electron chi connectivity index (χ0n) is 18.8. The summed E-state index contributed by atoms with van der Waals surface area (Å²) in [5, 5.41) is 11.8. The molecule has 3 heterocycles. The Hall–Kier alpha value is -2.99. The minimum Gasteiger partial charge on any atom is -0.481 e. The predicted octanol–water partition coefficient (Wildman–Crippen LogP) is 4.22. The molecule has 3 aromatic rings. The molecule has 0 radical (unpaired) electrons. The first-order valence-corrected chi connectivity index (χ1v) is 11.3. The highest BCUT2D eigenvalue weighted by Crippen LogP contribution is 2.46. The largest absolute Gasteiger partial charge is 0.481 e. The molecule has 2 aromatic heterocycles. The summed E-state index contributed by atoms with van der Waals surface area (Å²) >= 11 is 0. The Morgan fingerprint density at radius 1 is 1.19 bits per heavy atom. The van der Waals surface area contributed by atoms with E-state index in [4.69, 9.17) is 9.72 Å². The molecule has 1 saturated carbocycles. The van der Waals surface area contributed by atoms with E-state index in [0.717, 1.165) is 53.3 Å². The average Bonchev–Trinajstić information content (AvgIpc) is 3.00. The van der Waals surface area contributed by atoms with Gasteiger partial charge >= 0.3 is 0 Å². The Morgan fingerprint density at radius 2 is 2.00 bits per heavy atom. The molecule has 32 heavy (non-hydrogen) atoms. The second kappa shape index (κ2) is 7.85. The van der Waals surface area contributed by atoms with Gasteiger partial charge in [0.05, 0.1) is 30.3 Å². The lowest BCUT2D eigenvalue weighted by atomic mass is 9.85. The number of nitrogens with zero attached hydrogens (tertiary/aromatic N) is 3. The van der Waals surface area contributed by atoms with E-state index in [1.165, 1.54) is 0 Å². The van der Waals surface area contributed by atoms with E-state index in [-0.39, 0.29) is 11.9 Å². The van der Waals surface area contributed by atoms with Gasteiger partial charge in [0, 0.05) is 35.0 Å². The van der Waals surface area contributed by atoms with Gasteiger partial charge in [-0.25, -0.2) is 4.98 Å². The molecular weight excluding hydrogens is 402 g/mol. The summed E-state index contributed by atoms with van der Waals surface area (Å²) in [4.78, 5) is 24.7. The van der Waals surface area contributed by atoms with Crippen molar-refractivity contribution in [3.63, 3.8) is 0 Å². The van der Waals surface area contributed by atoms with Gasteiger partial charge in [-0.2, -0.15) is 0 Å². The zero-order valence-corrected chi connectivity index (χ0v) is 18.8. The molecule has 1 aliphatic carbocycles. The van der Waals surface area contributed by atoms with Gasteiger partial charge in [0.25, 0.3) is 5.91 Å². The van der Waals surface area contributed by atoms with E-state index in [9.17, 15) is 9.90 Å². The maximum atomic E-state index is 13.7. The highest BCUT2D eigenvalue weighted by Gasteiger charge is 2.49. The van der Waals surface area contributed by atoms with Crippen molar-refractivity contribution in [3.05, 3.63) is 65.0 Å². The first kappa shape index (κ1) is 20.9. The summed E-state index contributed by atoms with van der Waals surface area (Å²) in [6.45, 7) is 4.17. The summed E-state index contributed by atoms with van der Waals surface area (Å²) in [5.41, 5.74) is 4.09. The van der Waals surface area contributed by atoms with Crippen LogP contribution in [0.1, 0.15) is 66.6 Å². The van der Waals surface area contributed by atoms with E-state index >= 15 is 0 Å². The van der Waals surface area contributed by atoms with Crippen LogP contribution in [0, 0.1) is 0 Å². The van der Waals surface area contributed by atoms with Crippen LogP contribution in [0.4, 0.5) is 0 Å². The van der Waals surface area contributed by atoms with Gasteiger partial charge in [-0.05, 0) is 56.4 Å². The maximum Gasteiger partial charge on any atom is 0.255 e. The van der Waals surface area contributed by atoms with E-state index in [0.29, 0.717) is 17.9 Å². The van der Waals surface area contributed by atoms with Crippen LogP contribution >= 0.6 is 0 Å². The molecular formula is C26H29N3O3. The number of hydrogen-bond donors (Lipinski definition) is 1. The average molecular weight is 432 g/mol. The molecule has 0 bridgehead atoms. The lowest BCUT2D eigenvalue weighted by Crippen LogP contribution is -2.52. The van der Waals surface area contributed by atoms with Crippen LogP contribution in [-0.4, -0.2) is 45.1 Å². The highest BCUT2D eigenvalue weighted by molar-refractivity contribution is 6.06. The van der Waals surface area contributed by atoms with Crippen molar-refractivity contribution in [1.29, 1.82) is 0 Å². The number of amides is 1. The number of carbonyl (C=O) groups excluding carboxylic acids is 1. The smallest absolute Gasteiger partial charge is 0.255 e. The summed E-state index contributed by atoms with van der Waals surface area (Å²) in [5.74, 6) is 0.574. The predicted molar refractivity (Wildman–Crippen MR) is 123 cm³/mol. The molecule has 0 saturated heterocycles. The van der Waals surface area contributed by atoms with Crippen LogP contribution in [0.2, 0.25) is 0 Å². The second-order valence-corrected chi connectivity index (χ2v) is 9.40. The standard InChI is InChI=1S/C26H29N3O3/c1-26(2)23-19(25(31)29(26)20-8-4-5-9-21(20)30)14-17(18-7-6-12-27-24(18)23)13-16-10-11-22(32-3)28-15-16/h6-7,10-12,14-15,20-21,30H,4-5,8-9,13H2,1-3H3/t20-,21-/m0/s1. The topological polar surface area (TPSA) is 75.6 Å². The molecule has 0 spiro atoms. The van der Waals surface area contributed by atoms with Crippen molar-refractivity contribution in [2.45, 2.75) is 63.6 Å². The number of rotatable bonds is 4. The zero-order chi connectivity index (χ0) is 22.5. The van der Waals surface area contributed by atoms with Crippen LogP contribution in [0.5, 0.6) is 5.88 Å². The molecule has 1 aliphatic heterocycles. The first-order valence-electron chi connectivity index (χ1n) is 11.3. The van der Waals surface area contributed by atoms with E-state index in [1.54, 1.807) is 13.3 Å². The number of ether oxygens (including phenoxy) is 1. The fourth-order valence-corrected chi connectivity index (χ4v) is 5.57. The number of pyridine rings is 2. The van der Waals surface area contributed by atoms with Gasteiger partial charge in [0.1, 0.15) is 0 Å². The van der Waals surface area contributed by atoms with Crippen LogP contribution in [0.3, 0.4) is 0 Å². The first-order chi connectivity index (χ1) is 15.4. The number of carbonyl (C=O) groups is 1. The van der Waals surface area contributed by atoms with Crippen molar-refractivity contribution in [3.8, 4) is 5.88 Å². The molecule has 2 aliphatic rings. The minimum atomic E-state index is -0.539. The van der Waals surface area contributed by atoms with Gasteiger partial charge in [-0.3, -0.25) is 9.78 Å². The number of aliphatic hydroxyl groups is 1. The maximum absolute atomic E-state index is 13.7. The summed E-state index contributed by atoms with van der Waals surface area (Å²) in [6, 6.07) is 9.74. The minimum absolute atomic E-state index is 0.00221. The van der Waals surface area contributed by atoms with Crippen molar-refractivity contribution in [2.24, 2.45) is 0 Å². The summed E-state index contributed by atoms with van der Waals surface area (Å²) in [7, 11) is 1.60. The Kier molecular flexibility index (Phi) is 5.13. The SMILES string of the molecule is COc1ccc(Cc2cc3c(c4ncccc24)C(C)(C)N([C@H]2CCCC[C@@H]2O)C3=O)cn1. The molecule has 1 N–H and O–H groups in total. The highest BCUT2D eigenvalue weighted by atomic mass is 16.5. The van der Waals surface area contributed by atoms with E-state index < -0.39 is 11.6 Å². The van der Waals surface area contributed by atoms with Crippen molar-refractivity contribution >= 4 is 16.8 Å². The molecule has 166 valence electrons. The molecule has 6 nitrogen and oxygen atoms in total. The van der Waals surface area contributed by atoms with Crippen molar-refractivity contribution in [1.82, 2.24) is 14.9 Å². The fourth-order valence-electron chi connectivity index (χ4n) is 5.57. The van der Waals surface area contributed by atoms with Gasteiger partial charge in [-0.15, -0.1) is 0 Å². The Balaban J connectivity index is 1.63. The third-order valence-corrected chi connectivity index (χ3v) is 7.07. The lowest BCUT2D eigenvalue weighted by molar-refractivity contribution is -0.0117. The number of aromatic nitrogens is 2. The van der Waals surface area contributed by atoms with Crippen LogP contribution in [0.15, 0.2) is 42.7 Å². The Bertz CT molecular complexity index is 1170. The van der Waals surface area contributed by atoms with Crippen LogP contribution in [-0.2, 0) is 12.0 Å². The molecule has 6 heteroatoms. The monoisotopic (exact) mass is 431 g/mol. The van der Waals surface area contributed by atoms with Gasteiger partial charge in [0.2, 0.25) is 5.88 Å². The van der Waals surface area contributed by atoms with Gasteiger partial charge in [0.15, 0.2) is 0 Å². The lowest BCUT2D eigenvalue weighted by Gasteiger charge is -2.43. The van der Waals surface area contributed by atoms with Gasteiger partial charge < -0.3 is 14.7 Å². The van der Waals surface area contributed by atoms with Crippen molar-refractivity contribution in [2.75, 3.05) is 7.11 Å². The van der Waals surface area contributed by atoms with Crippen LogP contribution in [0.25, 0.3) is 10.9 Å². The molecule has 1 fully saturated rings. The Labute approximate surface area is 188 Å². The molecule has 0 unspecified atom stereocenters. The van der Waals surface area contributed by atoms with E-state index in [1.807, 2.05) is 35.4 Å². The van der Waals surface area contributed by atoms with E-state index in [2.05, 4.69) is 24.9 Å².